The average molecular weight is 408 g/mol. The molecule has 0 saturated carbocycles. The fraction of sp³-hybridized carbons (Fsp3) is 0.158. The molecule has 0 aliphatic rings. The summed E-state index contributed by atoms with van der Waals surface area (Å²) in [6, 6.07) is 11.4. The lowest BCUT2D eigenvalue weighted by Crippen LogP contribution is -2.21. The molecular weight excluding hydrogens is 393 g/mol. The molecule has 1 amide bonds. The number of carbonyl (C=O) groups is 2. The highest BCUT2D eigenvalue weighted by Gasteiger charge is 2.30. The van der Waals surface area contributed by atoms with Gasteiger partial charge >= 0.3 is 12.3 Å². The van der Waals surface area contributed by atoms with E-state index in [9.17, 15) is 22.8 Å². The van der Waals surface area contributed by atoms with Crippen LogP contribution in [0.1, 0.15) is 10.5 Å². The molecule has 1 aromatic heterocycles. The van der Waals surface area contributed by atoms with Crippen LogP contribution >= 0.6 is 0 Å². The van der Waals surface area contributed by atoms with E-state index in [-0.39, 0.29) is 11.4 Å². The fourth-order valence-corrected chi connectivity index (χ4v) is 2.49. The van der Waals surface area contributed by atoms with Crippen LogP contribution in [-0.4, -0.2) is 36.9 Å². The fourth-order valence-electron chi connectivity index (χ4n) is 2.49. The number of carbonyl (C=O) groups excluding carboxylic acids is 2. The number of hydrogen-bond donors (Lipinski definition) is 2. The number of methoxy groups -OCH3 is 1. The summed E-state index contributed by atoms with van der Waals surface area (Å²) in [6.45, 7) is -0.571. The van der Waals surface area contributed by atoms with Gasteiger partial charge in [-0.1, -0.05) is 0 Å². The second-order valence-electron chi connectivity index (χ2n) is 5.83. The molecule has 3 rings (SSSR count). The molecule has 0 aliphatic heterocycles. The van der Waals surface area contributed by atoms with Gasteiger partial charge in [-0.2, -0.15) is 0 Å². The van der Waals surface area contributed by atoms with Gasteiger partial charge in [-0.3, -0.25) is 4.79 Å². The zero-order chi connectivity index (χ0) is 21.0. The van der Waals surface area contributed by atoms with Crippen LogP contribution in [0, 0.1) is 0 Å². The van der Waals surface area contributed by atoms with Crippen molar-refractivity contribution in [3.05, 3.63) is 54.2 Å². The predicted octanol–water partition coefficient (Wildman–Crippen LogP) is 3.87. The standard InChI is InChI=1S/C19H15F3N2O5/c1-27-14-5-2-11-8-16(24-15(11)9-14)18(26)28-10-17(25)23-12-3-6-13(7-4-12)29-19(20,21)22/h2-9,24H,10H2,1H3,(H,23,25). The lowest BCUT2D eigenvalue weighted by molar-refractivity contribution is -0.274. The van der Waals surface area contributed by atoms with E-state index >= 15 is 0 Å². The van der Waals surface area contributed by atoms with Crippen molar-refractivity contribution in [1.29, 1.82) is 0 Å². The van der Waals surface area contributed by atoms with Crippen molar-refractivity contribution >= 4 is 28.5 Å². The lowest BCUT2D eigenvalue weighted by atomic mass is 10.2. The van der Waals surface area contributed by atoms with Gasteiger partial charge in [0.1, 0.15) is 17.2 Å². The summed E-state index contributed by atoms with van der Waals surface area (Å²) in [5.74, 6) is -1.19. The van der Waals surface area contributed by atoms with Gasteiger partial charge in [0.05, 0.1) is 7.11 Å². The summed E-state index contributed by atoms with van der Waals surface area (Å²) in [5.41, 5.74) is 1.05. The third kappa shape index (κ3) is 5.41. The Morgan fingerprint density at radius 3 is 2.38 bits per heavy atom. The molecule has 0 radical (unpaired) electrons. The van der Waals surface area contributed by atoms with Gasteiger partial charge in [0, 0.05) is 22.7 Å². The van der Waals surface area contributed by atoms with Crippen LogP contribution in [0.15, 0.2) is 48.5 Å². The molecule has 152 valence electrons. The Morgan fingerprint density at radius 2 is 1.72 bits per heavy atom. The number of rotatable bonds is 6. The molecule has 1 heterocycles. The Hall–Kier alpha value is -3.69. The average Bonchev–Trinajstić information content (AvgIpc) is 3.09. The Balaban J connectivity index is 1.54. The minimum Gasteiger partial charge on any atom is -0.497 e. The first-order valence-corrected chi connectivity index (χ1v) is 8.23. The summed E-state index contributed by atoms with van der Waals surface area (Å²) in [6.07, 6.45) is -4.80. The van der Waals surface area contributed by atoms with E-state index in [4.69, 9.17) is 9.47 Å². The van der Waals surface area contributed by atoms with E-state index in [1.807, 2.05) is 0 Å². The first-order chi connectivity index (χ1) is 13.7. The van der Waals surface area contributed by atoms with E-state index in [2.05, 4.69) is 15.0 Å². The molecule has 0 aliphatic carbocycles. The molecule has 2 aromatic carbocycles. The molecule has 0 spiro atoms. The quantitative estimate of drug-likeness (QED) is 0.605. The van der Waals surface area contributed by atoms with Crippen molar-refractivity contribution in [3.63, 3.8) is 0 Å². The Kier molecular flexibility index (Phi) is 5.62. The Bertz CT molecular complexity index is 1030. The monoisotopic (exact) mass is 408 g/mol. The number of esters is 1. The van der Waals surface area contributed by atoms with Crippen LogP contribution in [0.4, 0.5) is 18.9 Å². The molecule has 0 bridgehead atoms. The summed E-state index contributed by atoms with van der Waals surface area (Å²) in [5, 5.41) is 3.17. The molecule has 7 nitrogen and oxygen atoms in total. The number of nitrogens with one attached hydrogen (secondary N) is 2. The van der Waals surface area contributed by atoms with Crippen LogP contribution in [-0.2, 0) is 9.53 Å². The Morgan fingerprint density at radius 1 is 1.03 bits per heavy atom. The molecule has 0 saturated heterocycles. The maximum absolute atomic E-state index is 12.1. The molecule has 0 atom stereocenters. The first-order valence-electron chi connectivity index (χ1n) is 8.23. The molecule has 10 heteroatoms. The van der Waals surface area contributed by atoms with E-state index in [0.29, 0.717) is 11.3 Å². The number of ether oxygens (including phenoxy) is 3. The molecule has 0 fully saturated rings. The number of alkyl halides is 3. The predicted molar refractivity (Wildman–Crippen MR) is 96.9 cm³/mol. The minimum atomic E-state index is -4.80. The van der Waals surface area contributed by atoms with Gasteiger partial charge in [-0.25, -0.2) is 4.79 Å². The van der Waals surface area contributed by atoms with Gasteiger partial charge < -0.3 is 24.5 Å². The van der Waals surface area contributed by atoms with E-state index in [1.54, 1.807) is 24.3 Å². The summed E-state index contributed by atoms with van der Waals surface area (Å²) < 4.78 is 50.2. The maximum atomic E-state index is 12.1. The van der Waals surface area contributed by atoms with Crippen molar-refractivity contribution < 1.29 is 37.0 Å². The van der Waals surface area contributed by atoms with Crippen molar-refractivity contribution in [2.45, 2.75) is 6.36 Å². The van der Waals surface area contributed by atoms with Gasteiger partial charge in [-0.15, -0.1) is 13.2 Å². The number of H-pyrrole nitrogens is 1. The van der Waals surface area contributed by atoms with E-state index in [0.717, 1.165) is 17.5 Å². The van der Waals surface area contributed by atoms with Gasteiger partial charge in [-0.05, 0) is 42.5 Å². The zero-order valence-electron chi connectivity index (χ0n) is 15.0. The van der Waals surface area contributed by atoms with Crippen molar-refractivity contribution in [1.82, 2.24) is 4.98 Å². The van der Waals surface area contributed by atoms with Crippen LogP contribution in [0.3, 0.4) is 0 Å². The number of aromatic amines is 1. The number of hydrogen-bond acceptors (Lipinski definition) is 5. The second-order valence-corrected chi connectivity index (χ2v) is 5.83. The third-order valence-corrected chi connectivity index (χ3v) is 3.76. The van der Waals surface area contributed by atoms with Crippen LogP contribution < -0.4 is 14.8 Å². The molecule has 2 N–H and O–H groups in total. The van der Waals surface area contributed by atoms with Gasteiger partial charge in [0.2, 0.25) is 0 Å². The second kappa shape index (κ2) is 8.13. The number of halogens is 3. The summed E-state index contributed by atoms with van der Waals surface area (Å²) in [7, 11) is 1.52. The van der Waals surface area contributed by atoms with Crippen LogP contribution in [0.2, 0.25) is 0 Å². The molecule has 0 unspecified atom stereocenters. The van der Waals surface area contributed by atoms with Crippen LogP contribution in [0.5, 0.6) is 11.5 Å². The first kappa shape index (κ1) is 20.1. The van der Waals surface area contributed by atoms with Crippen molar-refractivity contribution in [2.75, 3.05) is 19.0 Å². The number of anilines is 1. The summed E-state index contributed by atoms with van der Waals surface area (Å²) >= 11 is 0. The third-order valence-electron chi connectivity index (χ3n) is 3.76. The van der Waals surface area contributed by atoms with Crippen molar-refractivity contribution in [3.8, 4) is 11.5 Å². The van der Waals surface area contributed by atoms with Gasteiger partial charge in [0.15, 0.2) is 6.61 Å². The van der Waals surface area contributed by atoms with E-state index < -0.39 is 30.6 Å². The SMILES string of the molecule is COc1ccc2cc(C(=O)OCC(=O)Nc3ccc(OC(F)(F)F)cc3)[nH]c2c1. The highest BCUT2D eigenvalue weighted by molar-refractivity contribution is 5.97. The lowest BCUT2D eigenvalue weighted by Gasteiger charge is -2.10. The van der Waals surface area contributed by atoms with Crippen LogP contribution in [0.25, 0.3) is 10.9 Å². The number of amides is 1. The molecule has 29 heavy (non-hydrogen) atoms. The highest BCUT2D eigenvalue weighted by Crippen LogP contribution is 2.24. The molecule has 3 aromatic rings. The minimum absolute atomic E-state index is 0.162. The maximum Gasteiger partial charge on any atom is 0.573 e. The topological polar surface area (TPSA) is 89.7 Å². The highest BCUT2D eigenvalue weighted by atomic mass is 19.4. The number of aromatic nitrogens is 1. The van der Waals surface area contributed by atoms with Gasteiger partial charge in [0.25, 0.3) is 5.91 Å². The van der Waals surface area contributed by atoms with E-state index in [1.165, 1.54) is 19.2 Å². The van der Waals surface area contributed by atoms with Crippen molar-refractivity contribution in [2.24, 2.45) is 0 Å². The normalized spacial score (nSPS) is 11.2. The number of benzene rings is 2. The largest absolute Gasteiger partial charge is 0.573 e. The summed E-state index contributed by atoms with van der Waals surface area (Å²) in [4.78, 5) is 26.9. The smallest absolute Gasteiger partial charge is 0.497 e. The Labute approximate surface area is 162 Å². The zero-order valence-corrected chi connectivity index (χ0v) is 15.0. The number of fused-ring (bicyclic) bond motifs is 1. The molecular formula is C19H15F3N2O5.